The molecule has 1 aromatic heterocycles. The lowest BCUT2D eigenvalue weighted by molar-refractivity contribution is 0.0520. The molecule has 0 aliphatic carbocycles. The van der Waals surface area contributed by atoms with Crippen molar-refractivity contribution in [3.63, 3.8) is 0 Å². The molecule has 0 radical (unpaired) electrons. The van der Waals surface area contributed by atoms with Gasteiger partial charge in [-0.25, -0.2) is 4.79 Å². The Kier molecular flexibility index (Phi) is 3.63. The van der Waals surface area contributed by atoms with Crippen molar-refractivity contribution in [3.05, 3.63) is 28.0 Å². The molecule has 7 heteroatoms. The number of hydrogen-bond donors (Lipinski definition) is 1. The molecule has 1 aromatic carbocycles. The quantitative estimate of drug-likeness (QED) is 0.869. The van der Waals surface area contributed by atoms with Gasteiger partial charge in [-0.05, 0) is 19.9 Å². The third-order valence-corrected chi connectivity index (χ3v) is 3.85. The van der Waals surface area contributed by atoms with Crippen LogP contribution in [0.4, 0.5) is 0 Å². The van der Waals surface area contributed by atoms with Crippen LogP contribution in [-0.4, -0.2) is 36.0 Å². The number of benzene rings is 1. The molecule has 0 saturated carbocycles. The van der Waals surface area contributed by atoms with Crippen molar-refractivity contribution >= 4 is 16.9 Å². The first kappa shape index (κ1) is 15.2. The van der Waals surface area contributed by atoms with Crippen LogP contribution in [0.15, 0.2) is 16.9 Å². The second-order valence-corrected chi connectivity index (χ2v) is 5.30. The lowest BCUT2D eigenvalue weighted by atomic mass is 10.1. The van der Waals surface area contributed by atoms with E-state index in [0.29, 0.717) is 22.4 Å². The third-order valence-electron chi connectivity index (χ3n) is 3.85. The fraction of sp³-hybridized carbons (Fsp3) is 0.375. The summed E-state index contributed by atoms with van der Waals surface area (Å²) in [6, 6.07) is 2.93. The largest absolute Gasteiger partial charge is 0.506 e. The Morgan fingerprint density at radius 3 is 2.87 bits per heavy atom. The molecule has 0 spiro atoms. The van der Waals surface area contributed by atoms with E-state index in [2.05, 4.69) is 0 Å². The zero-order valence-corrected chi connectivity index (χ0v) is 13.1. The standard InChI is InChI=1S/C16H17NO6/c1-4-22-16(20)12-14(18)10-5-9(21-3)6-11-13(10)17(15(12)19)8(2)7-23-11/h5-6,8,18H,4,7H2,1-3H3. The number of rotatable bonds is 3. The number of pyridine rings is 1. The van der Waals surface area contributed by atoms with Crippen LogP contribution < -0.4 is 15.0 Å². The van der Waals surface area contributed by atoms with E-state index in [1.54, 1.807) is 26.0 Å². The van der Waals surface area contributed by atoms with E-state index in [-0.39, 0.29) is 24.8 Å². The van der Waals surface area contributed by atoms with Crippen LogP contribution in [0.25, 0.3) is 10.9 Å². The normalized spacial score (nSPS) is 16.0. The van der Waals surface area contributed by atoms with Gasteiger partial charge in [0.2, 0.25) is 0 Å². The number of carbonyl (C=O) groups excluding carboxylic acids is 1. The molecule has 0 fully saturated rings. The number of nitrogens with zero attached hydrogens (tertiary/aromatic N) is 1. The van der Waals surface area contributed by atoms with E-state index in [9.17, 15) is 14.7 Å². The molecule has 0 saturated heterocycles. The maximum absolute atomic E-state index is 12.7. The highest BCUT2D eigenvalue weighted by molar-refractivity contribution is 6.01. The number of esters is 1. The van der Waals surface area contributed by atoms with E-state index in [4.69, 9.17) is 14.2 Å². The fourth-order valence-corrected chi connectivity index (χ4v) is 2.79. The molecule has 0 amide bonds. The summed E-state index contributed by atoms with van der Waals surface area (Å²) in [5.74, 6) is -0.376. The Labute approximate surface area is 132 Å². The minimum absolute atomic E-state index is 0.109. The van der Waals surface area contributed by atoms with E-state index < -0.39 is 17.3 Å². The zero-order valence-electron chi connectivity index (χ0n) is 13.1. The van der Waals surface area contributed by atoms with Gasteiger partial charge in [0.15, 0.2) is 5.56 Å². The second-order valence-electron chi connectivity index (χ2n) is 5.30. The summed E-state index contributed by atoms with van der Waals surface area (Å²) in [4.78, 5) is 24.8. The Balaban J connectivity index is 2.45. The maximum atomic E-state index is 12.7. The number of hydrogen-bond acceptors (Lipinski definition) is 6. The average Bonchev–Trinajstić information content (AvgIpc) is 2.53. The number of aromatic hydroxyl groups is 1. The Morgan fingerprint density at radius 2 is 2.22 bits per heavy atom. The van der Waals surface area contributed by atoms with Gasteiger partial charge in [-0.1, -0.05) is 0 Å². The monoisotopic (exact) mass is 319 g/mol. The highest BCUT2D eigenvalue weighted by Crippen LogP contribution is 2.39. The van der Waals surface area contributed by atoms with Gasteiger partial charge in [0.05, 0.1) is 25.3 Å². The van der Waals surface area contributed by atoms with Crippen molar-refractivity contribution < 1.29 is 24.1 Å². The summed E-state index contributed by atoms with van der Waals surface area (Å²) in [5, 5.41) is 10.8. The first-order valence-electron chi connectivity index (χ1n) is 7.28. The zero-order chi connectivity index (χ0) is 16.7. The van der Waals surface area contributed by atoms with Crippen LogP contribution in [0.2, 0.25) is 0 Å². The van der Waals surface area contributed by atoms with Crippen molar-refractivity contribution in [1.82, 2.24) is 4.57 Å². The van der Waals surface area contributed by atoms with Crippen molar-refractivity contribution in [2.24, 2.45) is 0 Å². The predicted octanol–water partition coefficient (Wildman–Crippen LogP) is 1.85. The van der Waals surface area contributed by atoms with E-state index >= 15 is 0 Å². The van der Waals surface area contributed by atoms with Gasteiger partial charge < -0.3 is 19.3 Å². The lowest BCUT2D eigenvalue weighted by Crippen LogP contribution is -2.34. The molecule has 2 aromatic rings. The molecule has 122 valence electrons. The third kappa shape index (κ3) is 2.19. The minimum atomic E-state index is -0.844. The second kappa shape index (κ2) is 5.49. The van der Waals surface area contributed by atoms with E-state index in [0.717, 1.165) is 0 Å². The van der Waals surface area contributed by atoms with Crippen LogP contribution in [-0.2, 0) is 4.74 Å². The Hall–Kier alpha value is -2.70. The summed E-state index contributed by atoms with van der Waals surface area (Å²) in [5.41, 5.74) is -0.511. The summed E-state index contributed by atoms with van der Waals surface area (Å²) in [6.07, 6.45) is 0. The fourth-order valence-electron chi connectivity index (χ4n) is 2.79. The van der Waals surface area contributed by atoms with Gasteiger partial charge in [0.25, 0.3) is 5.56 Å². The van der Waals surface area contributed by atoms with Gasteiger partial charge in [-0.2, -0.15) is 0 Å². The van der Waals surface area contributed by atoms with Crippen molar-refractivity contribution in [2.75, 3.05) is 20.3 Å². The smallest absolute Gasteiger partial charge is 0.347 e. The number of methoxy groups -OCH3 is 1. The summed E-state index contributed by atoms with van der Waals surface area (Å²) in [6.45, 7) is 3.83. The van der Waals surface area contributed by atoms with Gasteiger partial charge in [0.1, 0.15) is 23.9 Å². The van der Waals surface area contributed by atoms with Crippen LogP contribution >= 0.6 is 0 Å². The summed E-state index contributed by atoms with van der Waals surface area (Å²) < 4.78 is 17.2. The SMILES string of the molecule is CCOC(=O)c1c(O)c2cc(OC)cc3c2n(c1=O)C(C)CO3. The molecular weight excluding hydrogens is 302 g/mol. The van der Waals surface area contributed by atoms with Crippen LogP contribution in [0.3, 0.4) is 0 Å². The van der Waals surface area contributed by atoms with Gasteiger partial charge in [-0.3, -0.25) is 9.36 Å². The van der Waals surface area contributed by atoms with Crippen LogP contribution in [0.1, 0.15) is 30.2 Å². The average molecular weight is 319 g/mol. The van der Waals surface area contributed by atoms with Gasteiger partial charge in [0, 0.05) is 11.5 Å². The van der Waals surface area contributed by atoms with Crippen molar-refractivity contribution in [1.29, 1.82) is 0 Å². The van der Waals surface area contributed by atoms with Crippen molar-refractivity contribution in [3.8, 4) is 17.2 Å². The highest BCUT2D eigenvalue weighted by Gasteiger charge is 2.30. The van der Waals surface area contributed by atoms with Crippen LogP contribution in [0, 0.1) is 0 Å². The molecule has 1 unspecified atom stereocenters. The molecule has 7 nitrogen and oxygen atoms in total. The Morgan fingerprint density at radius 1 is 1.48 bits per heavy atom. The molecule has 23 heavy (non-hydrogen) atoms. The first-order chi connectivity index (χ1) is 11.0. The summed E-state index contributed by atoms with van der Waals surface area (Å²) >= 11 is 0. The molecule has 1 N–H and O–H groups in total. The molecule has 3 rings (SSSR count). The van der Waals surface area contributed by atoms with Crippen LogP contribution in [0.5, 0.6) is 17.2 Å². The molecule has 2 heterocycles. The maximum Gasteiger partial charge on any atom is 0.347 e. The number of carbonyl (C=O) groups is 1. The highest BCUT2D eigenvalue weighted by atomic mass is 16.5. The molecule has 1 aliphatic heterocycles. The first-order valence-corrected chi connectivity index (χ1v) is 7.28. The minimum Gasteiger partial charge on any atom is -0.506 e. The topological polar surface area (TPSA) is 87.0 Å². The number of aromatic nitrogens is 1. The van der Waals surface area contributed by atoms with E-state index in [1.165, 1.54) is 11.7 Å². The molecular formula is C16H17NO6. The molecule has 1 atom stereocenters. The van der Waals surface area contributed by atoms with Crippen molar-refractivity contribution in [2.45, 2.75) is 19.9 Å². The van der Waals surface area contributed by atoms with Gasteiger partial charge >= 0.3 is 5.97 Å². The van der Waals surface area contributed by atoms with E-state index in [1.807, 2.05) is 0 Å². The molecule has 1 aliphatic rings. The lowest BCUT2D eigenvalue weighted by Gasteiger charge is -2.27. The molecule has 0 bridgehead atoms. The Bertz CT molecular complexity index is 854. The number of ether oxygens (including phenoxy) is 3. The summed E-state index contributed by atoms with van der Waals surface area (Å²) in [7, 11) is 1.48. The predicted molar refractivity (Wildman–Crippen MR) is 82.6 cm³/mol. The van der Waals surface area contributed by atoms with Gasteiger partial charge in [-0.15, -0.1) is 0 Å².